The van der Waals surface area contributed by atoms with Gasteiger partial charge in [-0.15, -0.1) is 0 Å². The summed E-state index contributed by atoms with van der Waals surface area (Å²) in [6, 6.07) is 18.2. The van der Waals surface area contributed by atoms with Gasteiger partial charge in [-0.2, -0.15) is 0 Å². The van der Waals surface area contributed by atoms with Crippen LogP contribution in [0.15, 0.2) is 48.5 Å². The van der Waals surface area contributed by atoms with E-state index in [0.29, 0.717) is 6.04 Å². The quantitative estimate of drug-likeness (QED) is 0.849. The minimum atomic E-state index is 0.480. The van der Waals surface area contributed by atoms with E-state index in [1.165, 1.54) is 24.0 Å². The zero-order chi connectivity index (χ0) is 12.7. The molecule has 1 N–H and O–H groups in total. The molecule has 96 valence electrons. The van der Waals surface area contributed by atoms with Crippen molar-refractivity contribution in [3.63, 3.8) is 0 Å². The van der Waals surface area contributed by atoms with Crippen LogP contribution in [-0.2, 0) is 13.0 Å². The molecule has 1 fully saturated rings. The van der Waals surface area contributed by atoms with Gasteiger partial charge in [0.1, 0.15) is 0 Å². The molecule has 2 aliphatic rings. The van der Waals surface area contributed by atoms with Gasteiger partial charge in [0.25, 0.3) is 0 Å². The SMILES string of the molecule is c1ccc(C2Cc3c(cccc3C3CC3)CN2)cc1. The van der Waals surface area contributed by atoms with Crippen LogP contribution in [0.3, 0.4) is 0 Å². The normalized spacial score (nSPS) is 22.0. The van der Waals surface area contributed by atoms with Crippen LogP contribution in [0.2, 0.25) is 0 Å². The summed E-state index contributed by atoms with van der Waals surface area (Å²) in [6.07, 6.45) is 3.92. The second-order valence-corrected chi connectivity index (χ2v) is 5.81. The summed E-state index contributed by atoms with van der Waals surface area (Å²) < 4.78 is 0. The Balaban J connectivity index is 1.69. The van der Waals surface area contributed by atoms with Crippen molar-refractivity contribution in [2.45, 2.75) is 37.8 Å². The summed E-state index contributed by atoms with van der Waals surface area (Å²) in [7, 11) is 0. The van der Waals surface area contributed by atoms with Gasteiger partial charge in [0.2, 0.25) is 0 Å². The molecule has 1 saturated carbocycles. The van der Waals surface area contributed by atoms with Gasteiger partial charge in [0, 0.05) is 12.6 Å². The van der Waals surface area contributed by atoms with Crippen LogP contribution in [0.4, 0.5) is 0 Å². The number of benzene rings is 2. The molecule has 0 bridgehead atoms. The van der Waals surface area contributed by atoms with Crippen LogP contribution >= 0.6 is 0 Å². The van der Waals surface area contributed by atoms with Crippen molar-refractivity contribution in [2.24, 2.45) is 0 Å². The predicted molar refractivity (Wildman–Crippen MR) is 78.1 cm³/mol. The van der Waals surface area contributed by atoms with E-state index in [9.17, 15) is 0 Å². The van der Waals surface area contributed by atoms with Crippen molar-refractivity contribution in [2.75, 3.05) is 0 Å². The van der Waals surface area contributed by atoms with Crippen LogP contribution in [0.25, 0.3) is 0 Å². The highest BCUT2D eigenvalue weighted by atomic mass is 14.9. The molecular weight excluding hydrogens is 230 g/mol. The lowest BCUT2D eigenvalue weighted by molar-refractivity contribution is 0.496. The molecule has 2 aromatic carbocycles. The Morgan fingerprint density at radius 3 is 2.53 bits per heavy atom. The Bertz CT molecular complexity index is 584. The van der Waals surface area contributed by atoms with E-state index in [1.54, 1.807) is 11.1 Å². The van der Waals surface area contributed by atoms with Crippen molar-refractivity contribution in [1.29, 1.82) is 0 Å². The highest BCUT2D eigenvalue weighted by Crippen LogP contribution is 2.44. The van der Waals surface area contributed by atoms with Crippen molar-refractivity contribution in [1.82, 2.24) is 5.32 Å². The number of fused-ring (bicyclic) bond motifs is 1. The molecular formula is C18H19N. The molecule has 0 radical (unpaired) electrons. The number of nitrogens with one attached hydrogen (secondary N) is 1. The highest BCUT2D eigenvalue weighted by molar-refractivity contribution is 5.42. The van der Waals surface area contributed by atoms with Gasteiger partial charge < -0.3 is 5.32 Å². The van der Waals surface area contributed by atoms with Crippen LogP contribution in [-0.4, -0.2) is 0 Å². The molecule has 1 heteroatoms. The van der Waals surface area contributed by atoms with Gasteiger partial charge >= 0.3 is 0 Å². The van der Waals surface area contributed by atoms with Crippen molar-refractivity contribution in [3.05, 3.63) is 70.8 Å². The van der Waals surface area contributed by atoms with E-state index in [1.807, 2.05) is 0 Å². The Hall–Kier alpha value is -1.60. The summed E-state index contributed by atoms with van der Waals surface area (Å²) >= 11 is 0. The van der Waals surface area contributed by atoms with E-state index < -0.39 is 0 Å². The summed E-state index contributed by atoms with van der Waals surface area (Å²) in [5.74, 6) is 0.851. The maximum absolute atomic E-state index is 3.68. The lowest BCUT2D eigenvalue weighted by atomic mass is 9.87. The molecule has 2 aromatic rings. The first kappa shape index (κ1) is 11.2. The molecule has 1 aliphatic carbocycles. The summed E-state index contributed by atoms with van der Waals surface area (Å²) in [5.41, 5.74) is 6.17. The first-order chi connectivity index (χ1) is 9.42. The third-order valence-corrected chi connectivity index (χ3v) is 4.48. The smallest absolute Gasteiger partial charge is 0.0364 e. The number of rotatable bonds is 2. The fraction of sp³-hybridized carbons (Fsp3) is 0.333. The van der Waals surface area contributed by atoms with Gasteiger partial charge in [0.15, 0.2) is 0 Å². The molecule has 0 aromatic heterocycles. The zero-order valence-electron chi connectivity index (χ0n) is 11.1. The minimum absolute atomic E-state index is 0.480. The third-order valence-electron chi connectivity index (χ3n) is 4.48. The molecule has 1 heterocycles. The first-order valence-electron chi connectivity index (χ1n) is 7.31. The second kappa shape index (κ2) is 4.50. The predicted octanol–water partition coefficient (Wildman–Crippen LogP) is 3.95. The zero-order valence-corrected chi connectivity index (χ0v) is 11.1. The average molecular weight is 249 g/mol. The van der Waals surface area contributed by atoms with E-state index in [4.69, 9.17) is 0 Å². The van der Waals surface area contributed by atoms with Gasteiger partial charge in [-0.1, -0.05) is 48.5 Å². The first-order valence-corrected chi connectivity index (χ1v) is 7.31. The van der Waals surface area contributed by atoms with Gasteiger partial charge in [-0.3, -0.25) is 0 Å². The number of hydrogen-bond donors (Lipinski definition) is 1. The highest BCUT2D eigenvalue weighted by Gasteiger charge is 2.29. The fourth-order valence-corrected chi connectivity index (χ4v) is 3.28. The van der Waals surface area contributed by atoms with Gasteiger partial charge in [-0.25, -0.2) is 0 Å². The molecule has 0 saturated heterocycles. The Kier molecular flexibility index (Phi) is 2.66. The molecule has 1 unspecified atom stereocenters. The minimum Gasteiger partial charge on any atom is -0.306 e. The van der Waals surface area contributed by atoms with Gasteiger partial charge in [-0.05, 0) is 47.4 Å². The largest absolute Gasteiger partial charge is 0.306 e. The summed E-state index contributed by atoms with van der Waals surface area (Å²) in [6.45, 7) is 1.01. The van der Waals surface area contributed by atoms with Gasteiger partial charge in [0.05, 0.1) is 0 Å². The van der Waals surface area contributed by atoms with E-state index in [2.05, 4.69) is 53.8 Å². The lowest BCUT2D eigenvalue weighted by Crippen LogP contribution is -2.29. The number of hydrogen-bond acceptors (Lipinski definition) is 1. The van der Waals surface area contributed by atoms with E-state index in [-0.39, 0.29) is 0 Å². The Morgan fingerprint density at radius 2 is 1.74 bits per heavy atom. The van der Waals surface area contributed by atoms with E-state index >= 15 is 0 Å². The van der Waals surface area contributed by atoms with Crippen molar-refractivity contribution in [3.8, 4) is 0 Å². The lowest BCUT2D eigenvalue weighted by Gasteiger charge is -2.28. The topological polar surface area (TPSA) is 12.0 Å². The van der Waals surface area contributed by atoms with Crippen LogP contribution in [0.5, 0.6) is 0 Å². The van der Waals surface area contributed by atoms with Crippen molar-refractivity contribution >= 4 is 0 Å². The third kappa shape index (κ3) is 2.08. The summed E-state index contributed by atoms with van der Waals surface area (Å²) in [5, 5.41) is 3.68. The standard InChI is InChI=1S/C18H19N/c1-2-5-14(6-3-1)18-11-17-15(12-19-18)7-4-8-16(17)13-9-10-13/h1-8,13,18-19H,9-12H2. The molecule has 19 heavy (non-hydrogen) atoms. The van der Waals surface area contributed by atoms with Crippen LogP contribution in [0, 0.1) is 0 Å². The maximum Gasteiger partial charge on any atom is 0.0364 e. The molecule has 1 nitrogen and oxygen atoms in total. The van der Waals surface area contributed by atoms with Crippen LogP contribution < -0.4 is 5.32 Å². The molecule has 1 aliphatic heterocycles. The maximum atomic E-state index is 3.68. The van der Waals surface area contributed by atoms with Crippen LogP contribution in [0.1, 0.15) is 47.1 Å². The Labute approximate surface area is 114 Å². The van der Waals surface area contributed by atoms with Crippen molar-refractivity contribution < 1.29 is 0 Å². The second-order valence-electron chi connectivity index (χ2n) is 5.81. The van der Waals surface area contributed by atoms with E-state index in [0.717, 1.165) is 18.9 Å². The molecule has 0 spiro atoms. The molecule has 1 atom stereocenters. The summed E-state index contributed by atoms with van der Waals surface area (Å²) in [4.78, 5) is 0. The fourth-order valence-electron chi connectivity index (χ4n) is 3.28. The molecule has 0 amide bonds. The molecule has 4 rings (SSSR count). The Morgan fingerprint density at radius 1 is 0.895 bits per heavy atom. The average Bonchev–Trinajstić information content (AvgIpc) is 3.32. The monoisotopic (exact) mass is 249 g/mol.